The molecule has 6 nitrogen and oxygen atoms in total. The first-order chi connectivity index (χ1) is 24.9. The summed E-state index contributed by atoms with van der Waals surface area (Å²) < 4.78 is 16.6. The van der Waals surface area contributed by atoms with Crippen LogP contribution in [0.3, 0.4) is 0 Å². The van der Waals surface area contributed by atoms with E-state index in [0.29, 0.717) is 19.3 Å². The van der Waals surface area contributed by atoms with Crippen LogP contribution < -0.4 is 0 Å². The van der Waals surface area contributed by atoms with Crippen molar-refractivity contribution in [1.29, 1.82) is 0 Å². The van der Waals surface area contributed by atoms with E-state index in [4.69, 9.17) is 14.2 Å². The summed E-state index contributed by atoms with van der Waals surface area (Å²) in [4.78, 5) is 37.5. The van der Waals surface area contributed by atoms with Crippen molar-refractivity contribution in [2.45, 2.75) is 252 Å². The quantitative estimate of drug-likeness (QED) is 0.0356. The lowest BCUT2D eigenvalue weighted by molar-refractivity contribution is -0.167. The molecule has 1 atom stereocenters. The molecule has 0 heterocycles. The number of carbonyl (C=O) groups is 3. The van der Waals surface area contributed by atoms with Crippen LogP contribution >= 0.6 is 0 Å². The molecule has 0 aromatic carbocycles. The Hall–Kier alpha value is -1.59. The molecule has 0 N–H and O–H groups in total. The number of hydrogen-bond donors (Lipinski definition) is 0. The van der Waals surface area contributed by atoms with Crippen molar-refractivity contribution in [3.05, 3.63) is 0 Å². The summed E-state index contributed by atoms with van der Waals surface area (Å²) in [7, 11) is 0. The predicted octanol–water partition coefficient (Wildman–Crippen LogP) is 13.9. The fourth-order valence-electron chi connectivity index (χ4n) is 6.63. The maximum Gasteiger partial charge on any atom is 0.306 e. The topological polar surface area (TPSA) is 78.9 Å². The molecule has 0 spiro atoms. The molecule has 0 saturated heterocycles. The molecule has 6 heteroatoms. The van der Waals surface area contributed by atoms with Gasteiger partial charge in [0.15, 0.2) is 6.10 Å². The fraction of sp³-hybridized carbons (Fsp3) is 0.933. The molecule has 0 radical (unpaired) electrons. The Morgan fingerprint density at radius 1 is 0.373 bits per heavy atom. The van der Waals surface area contributed by atoms with Gasteiger partial charge in [0, 0.05) is 19.3 Å². The molecule has 0 saturated carbocycles. The van der Waals surface area contributed by atoms with Gasteiger partial charge in [-0.2, -0.15) is 0 Å². The number of ether oxygens (including phenoxy) is 3. The molecule has 0 fully saturated rings. The molecule has 0 amide bonds. The highest BCUT2D eigenvalue weighted by molar-refractivity contribution is 5.71. The van der Waals surface area contributed by atoms with E-state index in [1.807, 2.05) is 0 Å². The second-order valence-electron chi connectivity index (χ2n) is 15.8. The number of unbranched alkanes of at least 4 members (excludes halogenated alkanes) is 27. The van der Waals surface area contributed by atoms with Crippen molar-refractivity contribution in [1.82, 2.24) is 0 Å². The SMILES string of the molecule is CCCCCCCCCCCCCCC(=O)OC[C@@H](COC(=O)CCCCCCCCC)OC(=O)CCCCCCCCCCCCCC(C)C. The van der Waals surface area contributed by atoms with E-state index in [0.717, 1.165) is 63.7 Å². The van der Waals surface area contributed by atoms with Gasteiger partial charge in [0.05, 0.1) is 0 Å². The molecule has 0 rings (SSSR count). The van der Waals surface area contributed by atoms with Crippen molar-refractivity contribution in [2.24, 2.45) is 5.92 Å². The monoisotopic (exact) mass is 723 g/mol. The van der Waals surface area contributed by atoms with Gasteiger partial charge in [0.1, 0.15) is 13.2 Å². The van der Waals surface area contributed by atoms with Gasteiger partial charge in [-0.1, -0.05) is 207 Å². The van der Waals surface area contributed by atoms with Crippen LogP contribution in [-0.4, -0.2) is 37.2 Å². The first-order valence-corrected chi connectivity index (χ1v) is 22.4. The Balaban J connectivity index is 4.27. The van der Waals surface area contributed by atoms with Crippen LogP contribution in [0.5, 0.6) is 0 Å². The summed E-state index contributed by atoms with van der Waals surface area (Å²) in [6.07, 6.45) is 38.1. The van der Waals surface area contributed by atoms with Gasteiger partial charge in [-0.05, 0) is 25.2 Å². The zero-order valence-corrected chi connectivity index (χ0v) is 34.6. The molecular formula is C45H86O6. The van der Waals surface area contributed by atoms with Gasteiger partial charge in [-0.25, -0.2) is 0 Å². The molecule has 0 aliphatic heterocycles. The Kier molecular flexibility index (Phi) is 38.4. The van der Waals surface area contributed by atoms with Crippen molar-refractivity contribution < 1.29 is 28.6 Å². The number of carbonyl (C=O) groups excluding carboxylic acids is 3. The van der Waals surface area contributed by atoms with E-state index in [1.54, 1.807) is 0 Å². The van der Waals surface area contributed by atoms with E-state index < -0.39 is 6.10 Å². The van der Waals surface area contributed by atoms with Crippen molar-refractivity contribution in [2.75, 3.05) is 13.2 Å². The minimum atomic E-state index is -0.758. The van der Waals surface area contributed by atoms with E-state index >= 15 is 0 Å². The normalized spacial score (nSPS) is 11.9. The molecule has 0 unspecified atom stereocenters. The van der Waals surface area contributed by atoms with E-state index in [1.165, 1.54) is 141 Å². The molecule has 0 aliphatic rings. The van der Waals surface area contributed by atoms with Crippen LogP contribution in [-0.2, 0) is 28.6 Å². The average Bonchev–Trinajstić information content (AvgIpc) is 3.11. The van der Waals surface area contributed by atoms with Crippen molar-refractivity contribution in [3.63, 3.8) is 0 Å². The zero-order valence-electron chi connectivity index (χ0n) is 34.6. The smallest absolute Gasteiger partial charge is 0.306 e. The van der Waals surface area contributed by atoms with Gasteiger partial charge >= 0.3 is 17.9 Å². The minimum Gasteiger partial charge on any atom is -0.462 e. The third kappa shape index (κ3) is 39.5. The van der Waals surface area contributed by atoms with Gasteiger partial charge < -0.3 is 14.2 Å². The number of rotatable bonds is 40. The van der Waals surface area contributed by atoms with Gasteiger partial charge in [0.25, 0.3) is 0 Å². The first-order valence-electron chi connectivity index (χ1n) is 22.4. The van der Waals surface area contributed by atoms with Gasteiger partial charge in [0.2, 0.25) is 0 Å². The van der Waals surface area contributed by atoms with E-state index in [-0.39, 0.29) is 31.1 Å². The lowest BCUT2D eigenvalue weighted by Crippen LogP contribution is -2.30. The lowest BCUT2D eigenvalue weighted by atomic mass is 10.0. The van der Waals surface area contributed by atoms with Gasteiger partial charge in [-0.3, -0.25) is 14.4 Å². The summed E-state index contributed by atoms with van der Waals surface area (Å²) in [5.41, 5.74) is 0. The highest BCUT2D eigenvalue weighted by Gasteiger charge is 2.19. The molecule has 0 aromatic heterocycles. The van der Waals surface area contributed by atoms with Crippen LogP contribution in [0.2, 0.25) is 0 Å². The minimum absolute atomic E-state index is 0.0642. The largest absolute Gasteiger partial charge is 0.462 e. The Bertz CT molecular complexity index is 766. The molecule has 51 heavy (non-hydrogen) atoms. The Morgan fingerprint density at radius 3 is 0.961 bits per heavy atom. The third-order valence-electron chi connectivity index (χ3n) is 10.0. The summed E-state index contributed by atoms with van der Waals surface area (Å²) in [5, 5.41) is 0. The van der Waals surface area contributed by atoms with Crippen LogP contribution in [0.25, 0.3) is 0 Å². The molecule has 0 aromatic rings. The summed E-state index contributed by atoms with van der Waals surface area (Å²) >= 11 is 0. The maximum atomic E-state index is 12.7. The summed E-state index contributed by atoms with van der Waals surface area (Å²) in [5.74, 6) is -0.0366. The standard InChI is InChI=1S/C45H86O6/c1-5-7-9-11-13-14-15-18-21-25-29-33-37-44(47)50-40-42(39-49-43(46)36-32-28-23-12-10-8-6-2)51-45(48)38-34-30-26-22-19-16-17-20-24-27-31-35-41(3)4/h41-42H,5-40H2,1-4H3/t42-/m1/s1. The van der Waals surface area contributed by atoms with Crippen LogP contribution in [0.4, 0.5) is 0 Å². The molecule has 0 aliphatic carbocycles. The molecule has 0 bridgehead atoms. The number of hydrogen-bond acceptors (Lipinski definition) is 6. The second kappa shape index (κ2) is 39.6. The second-order valence-corrected chi connectivity index (χ2v) is 15.8. The van der Waals surface area contributed by atoms with E-state index in [2.05, 4.69) is 27.7 Å². The maximum absolute atomic E-state index is 12.7. The summed E-state index contributed by atoms with van der Waals surface area (Å²) in [6.45, 7) is 8.95. The Labute approximate surface area is 317 Å². The number of esters is 3. The molecular weight excluding hydrogens is 636 g/mol. The highest BCUT2D eigenvalue weighted by Crippen LogP contribution is 2.16. The first kappa shape index (κ1) is 49.4. The highest BCUT2D eigenvalue weighted by atomic mass is 16.6. The van der Waals surface area contributed by atoms with Gasteiger partial charge in [-0.15, -0.1) is 0 Å². The van der Waals surface area contributed by atoms with Crippen LogP contribution in [0, 0.1) is 5.92 Å². The average molecular weight is 723 g/mol. The fourth-order valence-corrected chi connectivity index (χ4v) is 6.63. The van der Waals surface area contributed by atoms with Crippen molar-refractivity contribution >= 4 is 17.9 Å². The lowest BCUT2D eigenvalue weighted by Gasteiger charge is -2.18. The zero-order chi connectivity index (χ0) is 37.5. The predicted molar refractivity (Wildman–Crippen MR) is 215 cm³/mol. The van der Waals surface area contributed by atoms with Crippen LogP contribution in [0.15, 0.2) is 0 Å². The molecule has 302 valence electrons. The summed E-state index contributed by atoms with van der Waals surface area (Å²) in [6, 6.07) is 0. The van der Waals surface area contributed by atoms with Crippen LogP contribution in [0.1, 0.15) is 246 Å². The third-order valence-corrected chi connectivity index (χ3v) is 10.0. The van der Waals surface area contributed by atoms with Crippen molar-refractivity contribution in [3.8, 4) is 0 Å². The van der Waals surface area contributed by atoms with E-state index in [9.17, 15) is 14.4 Å². The Morgan fingerprint density at radius 2 is 0.647 bits per heavy atom.